The van der Waals surface area contributed by atoms with Crippen LogP contribution >= 0.6 is 27.3 Å². The summed E-state index contributed by atoms with van der Waals surface area (Å²) in [6.45, 7) is 0.527. The molecule has 1 saturated heterocycles. The standard InChI is InChI=1S/C20H17BrN4O3S/c1-28-16-7-5-15(6-8-16)25-11-13(10-17(25)26)19-23-24-20(29-19)22-18(27)12-3-2-4-14(21)9-12/h2-9,13H,10-11H2,1H3,(H,22,24,27). The SMILES string of the molecule is COc1ccc(N2CC(c3nnc(NC(=O)c4cccc(Br)c4)s3)CC2=O)cc1. The van der Waals surface area contributed by atoms with Crippen molar-refractivity contribution in [1.29, 1.82) is 0 Å². The van der Waals surface area contributed by atoms with Crippen LogP contribution in [0.4, 0.5) is 10.8 Å². The number of hydrogen-bond donors (Lipinski definition) is 1. The molecule has 2 aromatic carbocycles. The number of ether oxygens (including phenoxy) is 1. The highest BCUT2D eigenvalue weighted by atomic mass is 79.9. The van der Waals surface area contributed by atoms with Crippen molar-refractivity contribution >= 4 is 49.9 Å². The molecule has 1 unspecified atom stereocenters. The van der Waals surface area contributed by atoms with E-state index < -0.39 is 0 Å². The first-order chi connectivity index (χ1) is 14.0. The highest BCUT2D eigenvalue weighted by Gasteiger charge is 2.34. The lowest BCUT2D eigenvalue weighted by atomic mass is 10.1. The predicted octanol–water partition coefficient (Wildman–Crippen LogP) is 4.08. The maximum Gasteiger partial charge on any atom is 0.257 e. The van der Waals surface area contributed by atoms with Crippen molar-refractivity contribution in [3.63, 3.8) is 0 Å². The van der Waals surface area contributed by atoms with Gasteiger partial charge in [-0.15, -0.1) is 10.2 Å². The zero-order chi connectivity index (χ0) is 20.4. The van der Waals surface area contributed by atoms with Gasteiger partial charge in [0.2, 0.25) is 11.0 Å². The second kappa shape index (κ2) is 8.30. The lowest BCUT2D eigenvalue weighted by Gasteiger charge is -2.16. The molecule has 1 aromatic heterocycles. The van der Waals surface area contributed by atoms with Gasteiger partial charge in [0, 0.05) is 34.6 Å². The molecule has 29 heavy (non-hydrogen) atoms. The van der Waals surface area contributed by atoms with Crippen molar-refractivity contribution in [2.45, 2.75) is 12.3 Å². The topological polar surface area (TPSA) is 84.4 Å². The summed E-state index contributed by atoms with van der Waals surface area (Å²) in [6, 6.07) is 14.5. The van der Waals surface area contributed by atoms with Crippen molar-refractivity contribution in [1.82, 2.24) is 10.2 Å². The number of nitrogens with zero attached hydrogens (tertiary/aromatic N) is 3. The van der Waals surface area contributed by atoms with Gasteiger partial charge in [-0.3, -0.25) is 14.9 Å². The molecule has 1 N–H and O–H groups in total. The van der Waals surface area contributed by atoms with Gasteiger partial charge < -0.3 is 9.64 Å². The number of halogens is 1. The Bertz CT molecular complexity index is 1050. The monoisotopic (exact) mass is 472 g/mol. The first-order valence-corrected chi connectivity index (χ1v) is 10.5. The van der Waals surface area contributed by atoms with E-state index in [1.54, 1.807) is 30.2 Å². The summed E-state index contributed by atoms with van der Waals surface area (Å²) in [5.41, 5.74) is 1.35. The van der Waals surface area contributed by atoms with E-state index in [2.05, 4.69) is 31.4 Å². The van der Waals surface area contributed by atoms with Crippen LogP contribution in [0.25, 0.3) is 0 Å². The normalized spacial score (nSPS) is 16.1. The van der Waals surface area contributed by atoms with Crippen LogP contribution in [0.2, 0.25) is 0 Å². The summed E-state index contributed by atoms with van der Waals surface area (Å²) in [6.07, 6.45) is 0.361. The lowest BCUT2D eigenvalue weighted by molar-refractivity contribution is -0.117. The van der Waals surface area contributed by atoms with Crippen LogP contribution in [0.1, 0.15) is 27.7 Å². The molecule has 0 radical (unpaired) electrons. The molecule has 0 spiro atoms. The van der Waals surface area contributed by atoms with Gasteiger partial charge >= 0.3 is 0 Å². The number of carbonyl (C=O) groups excluding carboxylic acids is 2. The molecule has 7 nitrogen and oxygen atoms in total. The summed E-state index contributed by atoms with van der Waals surface area (Å²) in [7, 11) is 1.61. The van der Waals surface area contributed by atoms with Crippen LogP contribution in [-0.4, -0.2) is 35.7 Å². The molecule has 0 bridgehead atoms. The molecule has 3 aromatic rings. The average molecular weight is 473 g/mol. The summed E-state index contributed by atoms with van der Waals surface area (Å²) in [5.74, 6) is 0.469. The summed E-state index contributed by atoms with van der Waals surface area (Å²) < 4.78 is 5.99. The summed E-state index contributed by atoms with van der Waals surface area (Å²) >= 11 is 4.65. The minimum Gasteiger partial charge on any atom is -0.497 e. The predicted molar refractivity (Wildman–Crippen MR) is 115 cm³/mol. The number of amides is 2. The van der Waals surface area contributed by atoms with Crippen LogP contribution in [0.3, 0.4) is 0 Å². The molecule has 148 valence electrons. The first-order valence-electron chi connectivity index (χ1n) is 8.88. The molecule has 4 rings (SSSR count). The molecule has 0 aliphatic carbocycles. The van der Waals surface area contributed by atoms with Crippen molar-refractivity contribution in [3.8, 4) is 5.75 Å². The smallest absolute Gasteiger partial charge is 0.257 e. The number of carbonyl (C=O) groups is 2. The highest BCUT2D eigenvalue weighted by Crippen LogP contribution is 2.34. The largest absolute Gasteiger partial charge is 0.497 e. The molecular formula is C20H17BrN4O3S. The molecule has 2 amide bonds. The van der Waals surface area contributed by atoms with Crippen molar-refractivity contribution in [2.75, 3.05) is 23.9 Å². The summed E-state index contributed by atoms with van der Waals surface area (Å²) in [5, 5.41) is 12.2. The Labute approximate surface area is 179 Å². The first kappa shape index (κ1) is 19.5. The van der Waals surface area contributed by atoms with Gasteiger partial charge in [-0.1, -0.05) is 33.3 Å². The molecule has 1 fully saturated rings. The van der Waals surface area contributed by atoms with Gasteiger partial charge in [0.15, 0.2) is 0 Å². The number of methoxy groups -OCH3 is 1. The maximum atomic E-state index is 12.5. The highest BCUT2D eigenvalue weighted by molar-refractivity contribution is 9.10. The molecule has 1 aliphatic rings. The number of anilines is 2. The Morgan fingerprint density at radius 3 is 2.76 bits per heavy atom. The molecule has 1 atom stereocenters. The fourth-order valence-corrected chi connectivity index (χ4v) is 4.36. The third kappa shape index (κ3) is 4.30. The van der Waals surface area contributed by atoms with Crippen LogP contribution in [0, 0.1) is 0 Å². The minimum absolute atomic E-state index is 0.0371. The van der Waals surface area contributed by atoms with Crippen LogP contribution < -0.4 is 15.0 Å². The van der Waals surface area contributed by atoms with Gasteiger partial charge in [-0.25, -0.2) is 0 Å². The fraction of sp³-hybridized carbons (Fsp3) is 0.200. The Morgan fingerprint density at radius 2 is 2.03 bits per heavy atom. The van der Waals surface area contributed by atoms with Gasteiger partial charge in [0.05, 0.1) is 7.11 Å². The van der Waals surface area contributed by atoms with Crippen molar-refractivity contribution in [3.05, 3.63) is 63.6 Å². The lowest BCUT2D eigenvalue weighted by Crippen LogP contribution is -2.24. The van der Waals surface area contributed by atoms with E-state index in [0.29, 0.717) is 23.7 Å². The number of hydrogen-bond acceptors (Lipinski definition) is 6. The van der Waals surface area contributed by atoms with Crippen molar-refractivity contribution in [2.24, 2.45) is 0 Å². The van der Waals surface area contributed by atoms with E-state index in [9.17, 15) is 9.59 Å². The average Bonchev–Trinajstić information content (AvgIpc) is 3.34. The molecule has 9 heteroatoms. The minimum atomic E-state index is -0.253. The third-order valence-electron chi connectivity index (χ3n) is 4.61. The van der Waals surface area contributed by atoms with Crippen LogP contribution in [0.5, 0.6) is 5.75 Å². The van der Waals surface area contributed by atoms with Crippen molar-refractivity contribution < 1.29 is 14.3 Å². The second-order valence-corrected chi connectivity index (χ2v) is 8.44. The van der Waals surface area contributed by atoms with Crippen LogP contribution in [-0.2, 0) is 4.79 Å². The maximum absolute atomic E-state index is 12.5. The Morgan fingerprint density at radius 1 is 1.24 bits per heavy atom. The quantitative estimate of drug-likeness (QED) is 0.604. The van der Waals surface area contributed by atoms with Gasteiger partial charge in [0.25, 0.3) is 5.91 Å². The zero-order valence-corrected chi connectivity index (χ0v) is 17.9. The van der Waals surface area contributed by atoms with Gasteiger partial charge in [-0.05, 0) is 42.5 Å². The van der Waals surface area contributed by atoms with E-state index in [-0.39, 0.29) is 17.7 Å². The van der Waals surface area contributed by atoms with E-state index in [1.165, 1.54) is 11.3 Å². The zero-order valence-electron chi connectivity index (χ0n) is 15.5. The summed E-state index contributed by atoms with van der Waals surface area (Å²) in [4.78, 5) is 26.6. The molecular weight excluding hydrogens is 456 g/mol. The van der Waals surface area contributed by atoms with E-state index >= 15 is 0 Å². The number of benzene rings is 2. The third-order valence-corrected chi connectivity index (χ3v) is 6.10. The molecule has 0 saturated carbocycles. The number of aromatic nitrogens is 2. The molecule has 1 aliphatic heterocycles. The van der Waals surface area contributed by atoms with E-state index in [0.717, 1.165) is 20.9 Å². The van der Waals surface area contributed by atoms with Gasteiger partial charge in [0.1, 0.15) is 10.8 Å². The number of nitrogens with one attached hydrogen (secondary N) is 1. The van der Waals surface area contributed by atoms with E-state index in [1.807, 2.05) is 30.3 Å². The van der Waals surface area contributed by atoms with E-state index in [4.69, 9.17) is 4.74 Å². The Hall–Kier alpha value is -2.78. The van der Waals surface area contributed by atoms with Gasteiger partial charge in [-0.2, -0.15) is 0 Å². The Balaban J connectivity index is 1.44. The molecule has 2 heterocycles. The van der Waals surface area contributed by atoms with Crippen LogP contribution in [0.15, 0.2) is 53.0 Å². The second-order valence-electron chi connectivity index (χ2n) is 6.51. The Kier molecular flexibility index (Phi) is 5.59. The fourth-order valence-electron chi connectivity index (χ4n) is 3.13. The number of rotatable bonds is 5.